The molecular formula is C15H10F4N2O2S. The summed E-state index contributed by atoms with van der Waals surface area (Å²) in [5, 5.41) is 2.32. The number of nitrogens with two attached hydrogens (primary N) is 1. The molecule has 0 aliphatic heterocycles. The summed E-state index contributed by atoms with van der Waals surface area (Å²) in [6, 6.07) is 0.258. The standard InChI is InChI=1S/C15H10F4N2O2S/c16-7-4-6(10(17)12(19)11(7)18)14(23)21-15-9(13(20)22)5-2-1-3-8(5)24-15/h4H,1-3H2,(H2,20,22)(H,21,23). The van der Waals surface area contributed by atoms with Gasteiger partial charge in [0.2, 0.25) is 0 Å². The van der Waals surface area contributed by atoms with E-state index in [1.807, 2.05) is 0 Å². The van der Waals surface area contributed by atoms with Gasteiger partial charge in [0, 0.05) is 4.88 Å². The second-order valence-corrected chi connectivity index (χ2v) is 6.33. The molecule has 0 atom stereocenters. The third-order valence-corrected chi connectivity index (χ3v) is 4.95. The van der Waals surface area contributed by atoms with Gasteiger partial charge in [-0.25, -0.2) is 17.6 Å². The first-order chi connectivity index (χ1) is 11.3. The van der Waals surface area contributed by atoms with Crippen molar-refractivity contribution in [2.75, 3.05) is 5.32 Å². The van der Waals surface area contributed by atoms with Gasteiger partial charge in [-0.2, -0.15) is 0 Å². The van der Waals surface area contributed by atoms with E-state index in [9.17, 15) is 27.2 Å². The summed E-state index contributed by atoms with van der Waals surface area (Å²) in [6.07, 6.45) is 2.18. The van der Waals surface area contributed by atoms with Crippen molar-refractivity contribution in [3.63, 3.8) is 0 Å². The number of hydrogen-bond acceptors (Lipinski definition) is 3. The maximum absolute atomic E-state index is 13.7. The van der Waals surface area contributed by atoms with E-state index in [0.717, 1.165) is 28.2 Å². The van der Waals surface area contributed by atoms with Gasteiger partial charge in [0.25, 0.3) is 11.8 Å². The average Bonchev–Trinajstić information content (AvgIpc) is 3.08. The second-order valence-electron chi connectivity index (χ2n) is 5.23. The van der Waals surface area contributed by atoms with Gasteiger partial charge >= 0.3 is 0 Å². The van der Waals surface area contributed by atoms with Crippen LogP contribution < -0.4 is 11.1 Å². The zero-order chi connectivity index (χ0) is 17.6. The van der Waals surface area contributed by atoms with Gasteiger partial charge in [0.05, 0.1) is 11.1 Å². The van der Waals surface area contributed by atoms with Gasteiger partial charge in [-0.3, -0.25) is 9.59 Å². The lowest BCUT2D eigenvalue weighted by Gasteiger charge is -2.08. The second kappa shape index (κ2) is 5.90. The molecule has 0 bridgehead atoms. The number of amides is 2. The molecule has 2 amide bonds. The fourth-order valence-corrected chi connectivity index (χ4v) is 3.95. The Kier molecular flexibility index (Phi) is 4.04. The van der Waals surface area contributed by atoms with Gasteiger partial charge < -0.3 is 11.1 Å². The van der Waals surface area contributed by atoms with Gasteiger partial charge in [-0.05, 0) is 30.9 Å². The molecule has 0 unspecified atom stereocenters. The Morgan fingerprint density at radius 3 is 2.46 bits per heavy atom. The minimum absolute atomic E-state index is 0.0849. The van der Waals surface area contributed by atoms with Crippen molar-refractivity contribution in [2.45, 2.75) is 19.3 Å². The van der Waals surface area contributed by atoms with Crippen molar-refractivity contribution in [1.29, 1.82) is 0 Å². The highest BCUT2D eigenvalue weighted by Gasteiger charge is 2.28. The predicted molar refractivity (Wildman–Crippen MR) is 79.1 cm³/mol. The predicted octanol–water partition coefficient (Wildman–Crippen LogP) is 3.14. The van der Waals surface area contributed by atoms with Crippen molar-refractivity contribution in [3.8, 4) is 0 Å². The van der Waals surface area contributed by atoms with Crippen molar-refractivity contribution < 1.29 is 27.2 Å². The topological polar surface area (TPSA) is 72.2 Å². The summed E-state index contributed by atoms with van der Waals surface area (Å²) in [5.74, 6) is -9.55. The van der Waals surface area contributed by atoms with Crippen LogP contribution in [-0.4, -0.2) is 11.8 Å². The smallest absolute Gasteiger partial charge is 0.259 e. The van der Waals surface area contributed by atoms with E-state index in [4.69, 9.17) is 5.73 Å². The van der Waals surface area contributed by atoms with Crippen LogP contribution in [0.2, 0.25) is 0 Å². The van der Waals surface area contributed by atoms with Crippen LogP contribution in [0.1, 0.15) is 37.6 Å². The third-order valence-electron chi connectivity index (χ3n) is 3.74. The van der Waals surface area contributed by atoms with E-state index in [0.29, 0.717) is 12.8 Å². The molecule has 3 N–H and O–H groups in total. The number of carbonyl (C=O) groups excluding carboxylic acids is 2. The quantitative estimate of drug-likeness (QED) is 0.503. The minimum Gasteiger partial charge on any atom is -0.365 e. The molecule has 9 heteroatoms. The van der Waals surface area contributed by atoms with Crippen molar-refractivity contribution in [1.82, 2.24) is 0 Å². The minimum atomic E-state index is -2.08. The molecule has 2 aromatic rings. The summed E-state index contributed by atoms with van der Waals surface area (Å²) in [7, 11) is 0. The van der Waals surface area contributed by atoms with Crippen LogP contribution in [0.4, 0.5) is 22.6 Å². The summed E-state index contributed by atoms with van der Waals surface area (Å²) < 4.78 is 53.1. The first-order valence-corrected chi connectivity index (χ1v) is 7.71. The van der Waals surface area contributed by atoms with E-state index in [1.54, 1.807) is 0 Å². The number of rotatable bonds is 3. The Morgan fingerprint density at radius 2 is 1.79 bits per heavy atom. The number of carbonyl (C=O) groups is 2. The molecule has 126 valence electrons. The number of anilines is 1. The van der Waals surface area contributed by atoms with Crippen LogP contribution in [0.5, 0.6) is 0 Å². The Labute approximate surface area is 137 Å². The van der Waals surface area contributed by atoms with Crippen LogP contribution in [0.25, 0.3) is 0 Å². The van der Waals surface area contributed by atoms with Crippen molar-refractivity contribution in [3.05, 3.63) is 50.9 Å². The Hall–Kier alpha value is -2.42. The first-order valence-electron chi connectivity index (χ1n) is 6.90. The Bertz CT molecular complexity index is 879. The molecule has 1 aromatic carbocycles. The van der Waals surface area contributed by atoms with Crippen LogP contribution in [0, 0.1) is 23.3 Å². The highest BCUT2D eigenvalue weighted by Crippen LogP contribution is 2.39. The number of thiophene rings is 1. The van der Waals surface area contributed by atoms with Gasteiger partial charge in [-0.1, -0.05) is 0 Å². The van der Waals surface area contributed by atoms with E-state index in [-0.39, 0.29) is 16.6 Å². The number of primary amides is 1. The third kappa shape index (κ3) is 2.54. The summed E-state index contributed by atoms with van der Waals surface area (Å²) >= 11 is 1.10. The summed E-state index contributed by atoms with van der Waals surface area (Å²) in [6.45, 7) is 0. The lowest BCUT2D eigenvalue weighted by Crippen LogP contribution is -2.19. The zero-order valence-corrected chi connectivity index (χ0v) is 12.8. The van der Waals surface area contributed by atoms with E-state index < -0.39 is 40.6 Å². The van der Waals surface area contributed by atoms with Gasteiger partial charge in [0.1, 0.15) is 5.00 Å². The summed E-state index contributed by atoms with van der Waals surface area (Å²) in [4.78, 5) is 24.6. The molecule has 0 saturated carbocycles. The van der Waals surface area contributed by atoms with Crippen molar-refractivity contribution in [2.24, 2.45) is 5.73 Å². The fraction of sp³-hybridized carbons (Fsp3) is 0.200. The van der Waals surface area contributed by atoms with E-state index in [1.165, 1.54) is 0 Å². The number of nitrogens with one attached hydrogen (secondary N) is 1. The van der Waals surface area contributed by atoms with Crippen LogP contribution in [0.3, 0.4) is 0 Å². The molecule has 1 aromatic heterocycles. The van der Waals surface area contributed by atoms with Crippen LogP contribution in [-0.2, 0) is 12.8 Å². The highest BCUT2D eigenvalue weighted by atomic mass is 32.1. The molecule has 24 heavy (non-hydrogen) atoms. The summed E-state index contributed by atoms with van der Waals surface area (Å²) in [5.41, 5.74) is 5.15. The molecule has 4 nitrogen and oxygen atoms in total. The van der Waals surface area contributed by atoms with Crippen LogP contribution >= 0.6 is 11.3 Å². The maximum atomic E-state index is 13.7. The van der Waals surface area contributed by atoms with E-state index in [2.05, 4.69) is 5.32 Å². The van der Waals surface area contributed by atoms with Gasteiger partial charge in [0.15, 0.2) is 23.3 Å². The first kappa shape index (κ1) is 16.4. The Balaban J connectivity index is 1.99. The molecule has 0 fully saturated rings. The van der Waals surface area contributed by atoms with Crippen molar-refractivity contribution >= 4 is 28.2 Å². The number of hydrogen-bond donors (Lipinski definition) is 2. The fourth-order valence-electron chi connectivity index (χ4n) is 2.66. The molecule has 0 saturated heterocycles. The monoisotopic (exact) mass is 358 g/mol. The molecule has 3 rings (SSSR count). The van der Waals surface area contributed by atoms with Gasteiger partial charge in [-0.15, -0.1) is 11.3 Å². The molecule has 0 radical (unpaired) electrons. The lowest BCUT2D eigenvalue weighted by molar-refractivity contribution is 0.100. The Morgan fingerprint density at radius 1 is 1.08 bits per heavy atom. The molecule has 0 spiro atoms. The molecule has 1 heterocycles. The number of benzene rings is 1. The average molecular weight is 358 g/mol. The van der Waals surface area contributed by atoms with E-state index >= 15 is 0 Å². The zero-order valence-electron chi connectivity index (χ0n) is 12.0. The molecule has 1 aliphatic rings. The molecular weight excluding hydrogens is 348 g/mol. The normalized spacial score (nSPS) is 13.0. The van der Waals surface area contributed by atoms with Crippen LogP contribution in [0.15, 0.2) is 6.07 Å². The number of halogens is 4. The SMILES string of the molecule is NC(=O)c1c(NC(=O)c2cc(F)c(F)c(F)c2F)sc2c1CCC2. The maximum Gasteiger partial charge on any atom is 0.259 e. The number of fused-ring (bicyclic) bond motifs is 1. The molecule has 1 aliphatic carbocycles. The largest absolute Gasteiger partial charge is 0.365 e. The lowest BCUT2D eigenvalue weighted by atomic mass is 10.1. The highest BCUT2D eigenvalue weighted by molar-refractivity contribution is 7.17. The number of aryl methyl sites for hydroxylation is 1.